The quantitative estimate of drug-likeness (QED) is 0.797. The van der Waals surface area contributed by atoms with Crippen molar-refractivity contribution >= 4 is 27.7 Å². The Labute approximate surface area is 168 Å². The number of rotatable bonds is 3. The Hall–Kier alpha value is -2.14. The van der Waals surface area contributed by atoms with Gasteiger partial charge in [0.1, 0.15) is 5.54 Å². The Balaban J connectivity index is 1.55. The van der Waals surface area contributed by atoms with Gasteiger partial charge >= 0.3 is 0 Å². The highest BCUT2D eigenvalue weighted by molar-refractivity contribution is 9.10. The fraction of sp³-hybridized carbons (Fsp3) is 0.364. The minimum Gasteiger partial charge on any atom is -0.338 e. The van der Waals surface area contributed by atoms with Gasteiger partial charge in [-0.05, 0) is 61.9 Å². The molecule has 2 atom stereocenters. The molecule has 0 unspecified atom stereocenters. The number of nitrogens with zero attached hydrogens (tertiary/aromatic N) is 1. The van der Waals surface area contributed by atoms with Gasteiger partial charge in [-0.15, -0.1) is 0 Å². The van der Waals surface area contributed by atoms with Crippen LogP contribution in [0.3, 0.4) is 0 Å². The molecule has 0 aromatic heterocycles. The number of hydrogen-bond acceptors (Lipinski definition) is 2. The first-order chi connectivity index (χ1) is 13.0. The van der Waals surface area contributed by atoms with E-state index < -0.39 is 5.54 Å². The topological polar surface area (TPSA) is 49.4 Å². The van der Waals surface area contributed by atoms with Crippen LogP contribution >= 0.6 is 15.9 Å². The Morgan fingerprint density at radius 3 is 2.85 bits per heavy atom. The molecule has 1 aliphatic carbocycles. The van der Waals surface area contributed by atoms with Crippen molar-refractivity contribution in [3.63, 3.8) is 0 Å². The predicted octanol–water partition coefficient (Wildman–Crippen LogP) is 4.25. The van der Waals surface area contributed by atoms with E-state index in [0.29, 0.717) is 12.0 Å². The molecular formula is C22H23BrN2O2. The lowest BCUT2D eigenvalue weighted by atomic mass is 9.88. The fourth-order valence-corrected chi connectivity index (χ4v) is 4.75. The van der Waals surface area contributed by atoms with Gasteiger partial charge in [-0.3, -0.25) is 9.59 Å². The van der Waals surface area contributed by atoms with Gasteiger partial charge in [0, 0.05) is 16.6 Å². The van der Waals surface area contributed by atoms with Gasteiger partial charge in [-0.1, -0.05) is 46.3 Å². The third kappa shape index (κ3) is 3.41. The van der Waals surface area contributed by atoms with Crippen molar-refractivity contribution in [1.29, 1.82) is 0 Å². The van der Waals surface area contributed by atoms with Gasteiger partial charge in [-0.25, -0.2) is 0 Å². The molecule has 0 spiro atoms. The van der Waals surface area contributed by atoms with Crippen molar-refractivity contribution in [1.82, 2.24) is 10.2 Å². The van der Waals surface area contributed by atoms with Gasteiger partial charge in [0.25, 0.3) is 5.91 Å². The molecule has 1 aliphatic heterocycles. The lowest BCUT2D eigenvalue weighted by Gasteiger charge is -2.43. The number of carbonyl (C=O) groups is 2. The normalized spacial score (nSPS) is 24.6. The van der Waals surface area contributed by atoms with Crippen LogP contribution in [0.5, 0.6) is 0 Å². The average Bonchev–Trinajstić information content (AvgIpc) is 3.08. The summed E-state index contributed by atoms with van der Waals surface area (Å²) in [6.45, 7) is 2.61. The molecule has 2 amide bonds. The molecule has 4 rings (SSSR count). The molecule has 4 nitrogen and oxygen atoms in total. The highest BCUT2D eigenvalue weighted by Crippen LogP contribution is 2.39. The summed E-state index contributed by atoms with van der Waals surface area (Å²) in [4.78, 5) is 28.1. The van der Waals surface area contributed by atoms with Crippen LogP contribution in [0.15, 0.2) is 53.0 Å². The monoisotopic (exact) mass is 426 g/mol. The highest BCUT2D eigenvalue weighted by atomic mass is 79.9. The van der Waals surface area contributed by atoms with E-state index in [1.807, 2.05) is 30.0 Å². The number of aryl methyl sites for hydroxylation is 1. The van der Waals surface area contributed by atoms with Gasteiger partial charge in [-0.2, -0.15) is 0 Å². The lowest BCUT2D eigenvalue weighted by Crippen LogP contribution is -2.61. The second-order valence-corrected chi connectivity index (χ2v) is 8.57. The smallest absolute Gasteiger partial charge is 0.252 e. The maximum atomic E-state index is 13.4. The van der Waals surface area contributed by atoms with E-state index in [-0.39, 0.29) is 17.9 Å². The summed E-state index contributed by atoms with van der Waals surface area (Å²) >= 11 is 3.40. The van der Waals surface area contributed by atoms with E-state index in [2.05, 4.69) is 39.4 Å². The zero-order chi connectivity index (χ0) is 19.0. The minimum atomic E-state index is -0.866. The number of halogens is 1. The van der Waals surface area contributed by atoms with Crippen molar-refractivity contribution < 1.29 is 9.59 Å². The van der Waals surface area contributed by atoms with Crippen molar-refractivity contribution in [3.8, 4) is 0 Å². The van der Waals surface area contributed by atoms with Crippen LogP contribution in [-0.4, -0.2) is 28.8 Å². The molecule has 1 N–H and O–H groups in total. The molecule has 1 heterocycles. The first kappa shape index (κ1) is 18.2. The summed E-state index contributed by atoms with van der Waals surface area (Å²) in [6, 6.07) is 15.7. The zero-order valence-electron chi connectivity index (χ0n) is 15.4. The van der Waals surface area contributed by atoms with Gasteiger partial charge < -0.3 is 10.2 Å². The summed E-state index contributed by atoms with van der Waals surface area (Å²) in [7, 11) is 0. The van der Waals surface area contributed by atoms with Crippen LogP contribution in [-0.2, 0) is 11.2 Å². The number of nitrogens with one attached hydrogen (secondary N) is 1. The second-order valence-electron chi connectivity index (χ2n) is 7.65. The SMILES string of the molecule is C[C@@]1(NC(=O)c2cccc(Br)c2)CCCN([C@@H]2CCc3ccccc32)C1=O. The highest BCUT2D eigenvalue weighted by Gasteiger charge is 2.44. The number of hydrogen-bond donors (Lipinski definition) is 1. The molecule has 0 bridgehead atoms. The Kier molecular flexibility index (Phi) is 4.81. The first-order valence-electron chi connectivity index (χ1n) is 9.45. The molecule has 0 saturated carbocycles. The molecule has 0 radical (unpaired) electrons. The van der Waals surface area contributed by atoms with Crippen LogP contribution < -0.4 is 5.32 Å². The Bertz CT molecular complexity index is 897. The van der Waals surface area contributed by atoms with Crippen LogP contribution in [0.25, 0.3) is 0 Å². The molecular weight excluding hydrogens is 404 g/mol. The van der Waals surface area contributed by atoms with Crippen LogP contribution in [0.2, 0.25) is 0 Å². The summed E-state index contributed by atoms with van der Waals surface area (Å²) in [6.07, 6.45) is 3.52. The molecule has 5 heteroatoms. The summed E-state index contributed by atoms with van der Waals surface area (Å²) in [5.41, 5.74) is 2.28. The van der Waals surface area contributed by atoms with Crippen molar-refractivity contribution in [2.24, 2.45) is 0 Å². The number of carbonyl (C=O) groups excluding carboxylic acids is 2. The van der Waals surface area contributed by atoms with E-state index in [9.17, 15) is 9.59 Å². The van der Waals surface area contributed by atoms with Gasteiger partial charge in [0.2, 0.25) is 5.91 Å². The van der Waals surface area contributed by atoms with Crippen LogP contribution in [0.1, 0.15) is 53.7 Å². The van der Waals surface area contributed by atoms with E-state index in [1.54, 1.807) is 12.1 Å². The van der Waals surface area contributed by atoms with E-state index in [0.717, 1.165) is 30.3 Å². The molecule has 140 valence electrons. The Morgan fingerprint density at radius 1 is 1.22 bits per heavy atom. The standard InChI is InChI=1S/C22H23BrN2O2/c1-22(24-20(26)16-7-4-8-17(23)14-16)12-5-13-25(21(22)27)19-11-10-15-6-2-3-9-18(15)19/h2-4,6-9,14,19H,5,10-13H2,1H3,(H,24,26)/t19-,22-/m1/s1. The fourth-order valence-electron chi connectivity index (χ4n) is 4.35. The second kappa shape index (κ2) is 7.12. The third-order valence-corrected chi connectivity index (χ3v) is 6.26. The first-order valence-corrected chi connectivity index (χ1v) is 10.2. The van der Waals surface area contributed by atoms with Crippen molar-refractivity contribution in [2.75, 3.05) is 6.54 Å². The summed E-state index contributed by atoms with van der Waals surface area (Å²) < 4.78 is 0.847. The molecule has 27 heavy (non-hydrogen) atoms. The van der Waals surface area contributed by atoms with Crippen LogP contribution in [0.4, 0.5) is 0 Å². The minimum absolute atomic E-state index is 0.0267. The number of benzene rings is 2. The average molecular weight is 427 g/mol. The maximum absolute atomic E-state index is 13.4. The van der Waals surface area contributed by atoms with Crippen molar-refractivity contribution in [3.05, 3.63) is 69.7 Å². The largest absolute Gasteiger partial charge is 0.338 e. The van der Waals surface area contributed by atoms with Crippen molar-refractivity contribution in [2.45, 2.75) is 44.2 Å². The third-order valence-electron chi connectivity index (χ3n) is 5.76. The zero-order valence-corrected chi connectivity index (χ0v) is 17.0. The maximum Gasteiger partial charge on any atom is 0.252 e. The number of fused-ring (bicyclic) bond motifs is 1. The molecule has 2 aromatic carbocycles. The molecule has 2 aliphatic rings. The van der Waals surface area contributed by atoms with E-state index >= 15 is 0 Å². The predicted molar refractivity (Wildman–Crippen MR) is 108 cm³/mol. The molecule has 1 fully saturated rings. The van der Waals surface area contributed by atoms with Crippen LogP contribution in [0, 0.1) is 0 Å². The number of likely N-dealkylation sites (tertiary alicyclic amines) is 1. The Morgan fingerprint density at radius 2 is 2.04 bits per heavy atom. The van der Waals surface area contributed by atoms with E-state index in [4.69, 9.17) is 0 Å². The number of amides is 2. The summed E-state index contributed by atoms with van der Waals surface area (Å²) in [5.74, 6) is -0.181. The van der Waals surface area contributed by atoms with E-state index in [1.165, 1.54) is 11.1 Å². The lowest BCUT2D eigenvalue weighted by molar-refractivity contribution is -0.143. The molecule has 2 aromatic rings. The summed E-state index contributed by atoms with van der Waals surface area (Å²) in [5, 5.41) is 3.01. The number of piperidine rings is 1. The van der Waals surface area contributed by atoms with Gasteiger partial charge in [0.15, 0.2) is 0 Å². The van der Waals surface area contributed by atoms with Gasteiger partial charge in [0.05, 0.1) is 6.04 Å². The molecule has 1 saturated heterocycles.